The van der Waals surface area contributed by atoms with E-state index in [0.717, 1.165) is 55.9 Å². The van der Waals surface area contributed by atoms with Crippen LogP contribution in [0.25, 0.3) is 0 Å². The van der Waals surface area contributed by atoms with Gasteiger partial charge in [-0.1, -0.05) is 19.3 Å². The van der Waals surface area contributed by atoms with Crippen LogP contribution in [0.1, 0.15) is 68.5 Å². The highest BCUT2D eigenvalue weighted by molar-refractivity contribution is 7.09. The number of hydrogen-bond donors (Lipinski definition) is 1. The van der Waals surface area contributed by atoms with Crippen molar-refractivity contribution in [1.82, 2.24) is 15.2 Å². The standard InChI is InChI=1S/C19H29N3O2S/c1-14(23)20-10-9-17-13-25-18(21-17)16-8-5-11-22(12-16)19(24)15-6-3-2-4-7-15/h13,15-16H,2-12H2,1H3,(H,20,23)/t16-/m0/s1. The molecule has 1 aliphatic carbocycles. The van der Waals surface area contributed by atoms with Gasteiger partial charge in [-0.3, -0.25) is 9.59 Å². The van der Waals surface area contributed by atoms with E-state index in [1.165, 1.54) is 26.2 Å². The molecule has 1 atom stereocenters. The van der Waals surface area contributed by atoms with Gasteiger partial charge in [0, 0.05) is 50.2 Å². The number of nitrogens with zero attached hydrogens (tertiary/aromatic N) is 2. The SMILES string of the molecule is CC(=O)NCCc1csc([C@H]2CCCN(C(=O)C3CCCCC3)C2)n1. The van der Waals surface area contributed by atoms with Crippen molar-refractivity contribution in [1.29, 1.82) is 0 Å². The van der Waals surface area contributed by atoms with Crippen molar-refractivity contribution in [3.8, 4) is 0 Å². The molecule has 2 aliphatic rings. The molecule has 6 heteroatoms. The molecule has 5 nitrogen and oxygen atoms in total. The number of carbonyl (C=O) groups is 2. The van der Waals surface area contributed by atoms with Crippen LogP contribution < -0.4 is 5.32 Å². The van der Waals surface area contributed by atoms with E-state index in [0.29, 0.717) is 18.4 Å². The van der Waals surface area contributed by atoms with Gasteiger partial charge in [0.05, 0.1) is 10.7 Å². The van der Waals surface area contributed by atoms with E-state index >= 15 is 0 Å². The second-order valence-corrected chi connectivity index (χ2v) is 8.26. The zero-order valence-corrected chi connectivity index (χ0v) is 15.9. The van der Waals surface area contributed by atoms with Gasteiger partial charge in [-0.2, -0.15) is 0 Å². The highest BCUT2D eigenvalue weighted by Crippen LogP contribution is 2.32. The van der Waals surface area contributed by atoms with Gasteiger partial charge >= 0.3 is 0 Å². The van der Waals surface area contributed by atoms with E-state index in [-0.39, 0.29) is 11.8 Å². The van der Waals surface area contributed by atoms with Gasteiger partial charge in [-0.15, -0.1) is 11.3 Å². The maximum atomic E-state index is 12.8. The summed E-state index contributed by atoms with van der Waals surface area (Å²) in [7, 11) is 0. The van der Waals surface area contributed by atoms with Crippen molar-refractivity contribution in [2.45, 2.75) is 64.2 Å². The van der Waals surface area contributed by atoms with Crippen LogP contribution >= 0.6 is 11.3 Å². The lowest BCUT2D eigenvalue weighted by Crippen LogP contribution is -2.42. The Morgan fingerprint density at radius 3 is 2.80 bits per heavy atom. The summed E-state index contributed by atoms with van der Waals surface area (Å²) in [5.74, 6) is 1.02. The van der Waals surface area contributed by atoms with Crippen LogP contribution in [0.5, 0.6) is 0 Å². The molecule has 0 spiro atoms. The lowest BCUT2D eigenvalue weighted by molar-refractivity contribution is -0.137. The predicted molar refractivity (Wildman–Crippen MR) is 99.6 cm³/mol. The number of thiazole rings is 1. The fourth-order valence-electron chi connectivity index (χ4n) is 3.98. The van der Waals surface area contributed by atoms with E-state index in [1.54, 1.807) is 11.3 Å². The Morgan fingerprint density at radius 2 is 2.04 bits per heavy atom. The highest BCUT2D eigenvalue weighted by atomic mass is 32.1. The third-order valence-corrected chi connectivity index (χ3v) is 6.42. The first kappa shape index (κ1) is 18.4. The summed E-state index contributed by atoms with van der Waals surface area (Å²) in [5.41, 5.74) is 1.05. The minimum absolute atomic E-state index is 0.000370. The quantitative estimate of drug-likeness (QED) is 0.874. The Kier molecular flexibility index (Phi) is 6.45. The average molecular weight is 364 g/mol. The number of carbonyl (C=O) groups excluding carboxylic acids is 2. The first-order chi connectivity index (χ1) is 12.1. The molecule has 1 aliphatic heterocycles. The number of nitrogens with one attached hydrogen (secondary N) is 1. The molecule has 25 heavy (non-hydrogen) atoms. The normalized spacial score (nSPS) is 22.0. The molecule has 0 unspecified atom stereocenters. The molecular weight excluding hydrogens is 334 g/mol. The number of amides is 2. The smallest absolute Gasteiger partial charge is 0.225 e. The molecular formula is C19H29N3O2S. The topological polar surface area (TPSA) is 62.3 Å². The number of piperidine rings is 1. The third-order valence-electron chi connectivity index (χ3n) is 5.36. The number of rotatable bonds is 5. The summed E-state index contributed by atoms with van der Waals surface area (Å²) in [6.45, 7) is 3.91. The van der Waals surface area contributed by atoms with Crippen LogP contribution in [0.4, 0.5) is 0 Å². The second-order valence-electron chi connectivity index (χ2n) is 7.37. The Morgan fingerprint density at radius 1 is 1.24 bits per heavy atom. The Hall–Kier alpha value is -1.43. The van der Waals surface area contributed by atoms with Crippen molar-refractivity contribution >= 4 is 23.2 Å². The van der Waals surface area contributed by atoms with E-state index < -0.39 is 0 Å². The molecule has 2 fully saturated rings. The third kappa shape index (κ3) is 5.03. The highest BCUT2D eigenvalue weighted by Gasteiger charge is 2.31. The van der Waals surface area contributed by atoms with Crippen LogP contribution in [-0.4, -0.2) is 41.3 Å². The number of aromatic nitrogens is 1. The molecule has 2 heterocycles. The zero-order chi connectivity index (χ0) is 17.6. The average Bonchev–Trinajstić information content (AvgIpc) is 3.10. The zero-order valence-electron chi connectivity index (χ0n) is 15.1. The minimum Gasteiger partial charge on any atom is -0.356 e. The van der Waals surface area contributed by atoms with Crippen molar-refractivity contribution in [2.24, 2.45) is 5.92 Å². The van der Waals surface area contributed by atoms with E-state index in [1.807, 2.05) is 0 Å². The van der Waals surface area contributed by atoms with Gasteiger partial charge in [0.1, 0.15) is 0 Å². The van der Waals surface area contributed by atoms with Crippen LogP contribution in [0.15, 0.2) is 5.38 Å². The molecule has 1 saturated heterocycles. The summed E-state index contributed by atoms with van der Waals surface area (Å²) in [4.78, 5) is 30.6. The van der Waals surface area contributed by atoms with Gasteiger partial charge in [0.25, 0.3) is 0 Å². The van der Waals surface area contributed by atoms with E-state index in [2.05, 4.69) is 15.6 Å². The molecule has 1 N–H and O–H groups in total. The number of likely N-dealkylation sites (tertiary alicyclic amines) is 1. The fourth-order valence-corrected chi connectivity index (χ4v) is 4.96. The van der Waals surface area contributed by atoms with E-state index in [4.69, 9.17) is 4.98 Å². The molecule has 1 aromatic rings. The van der Waals surface area contributed by atoms with Crippen molar-refractivity contribution in [3.05, 3.63) is 16.1 Å². The number of hydrogen-bond acceptors (Lipinski definition) is 4. The van der Waals surface area contributed by atoms with Crippen LogP contribution in [0.3, 0.4) is 0 Å². The molecule has 3 rings (SSSR count). The van der Waals surface area contributed by atoms with Crippen LogP contribution in [-0.2, 0) is 16.0 Å². The Bertz CT molecular complexity index is 595. The largest absolute Gasteiger partial charge is 0.356 e. The van der Waals surface area contributed by atoms with Gasteiger partial charge in [-0.25, -0.2) is 4.98 Å². The molecule has 0 bridgehead atoms. The maximum absolute atomic E-state index is 12.8. The molecule has 2 amide bonds. The van der Waals surface area contributed by atoms with Crippen molar-refractivity contribution in [2.75, 3.05) is 19.6 Å². The van der Waals surface area contributed by atoms with Crippen molar-refractivity contribution < 1.29 is 9.59 Å². The molecule has 0 radical (unpaired) electrons. The molecule has 0 aromatic carbocycles. The van der Waals surface area contributed by atoms with Crippen LogP contribution in [0, 0.1) is 5.92 Å². The van der Waals surface area contributed by atoms with Gasteiger partial charge in [0.15, 0.2) is 0 Å². The lowest BCUT2D eigenvalue weighted by atomic mass is 9.87. The Balaban J connectivity index is 1.55. The first-order valence-corrected chi connectivity index (χ1v) is 10.5. The fraction of sp³-hybridized carbons (Fsp3) is 0.737. The van der Waals surface area contributed by atoms with Crippen molar-refractivity contribution in [3.63, 3.8) is 0 Å². The first-order valence-electron chi connectivity index (χ1n) is 9.61. The summed E-state index contributed by atoms with van der Waals surface area (Å²) in [5, 5.41) is 6.06. The monoisotopic (exact) mass is 363 g/mol. The van der Waals surface area contributed by atoms with Crippen LogP contribution in [0.2, 0.25) is 0 Å². The second kappa shape index (κ2) is 8.79. The van der Waals surface area contributed by atoms with Gasteiger partial charge in [0.2, 0.25) is 11.8 Å². The van der Waals surface area contributed by atoms with Gasteiger partial charge in [-0.05, 0) is 25.7 Å². The molecule has 138 valence electrons. The summed E-state index contributed by atoms with van der Waals surface area (Å²) < 4.78 is 0. The molecule has 1 aromatic heterocycles. The molecule has 1 saturated carbocycles. The summed E-state index contributed by atoms with van der Waals surface area (Å²) in [6, 6.07) is 0. The maximum Gasteiger partial charge on any atom is 0.225 e. The minimum atomic E-state index is -0.000370. The van der Waals surface area contributed by atoms with Gasteiger partial charge < -0.3 is 10.2 Å². The lowest BCUT2D eigenvalue weighted by Gasteiger charge is -2.35. The van der Waals surface area contributed by atoms with E-state index in [9.17, 15) is 9.59 Å². The predicted octanol–water partition coefficient (Wildman–Crippen LogP) is 3.11. The summed E-state index contributed by atoms with van der Waals surface area (Å²) in [6.07, 6.45) is 8.81. The Labute approximate surface area is 154 Å². The summed E-state index contributed by atoms with van der Waals surface area (Å²) >= 11 is 1.70.